The van der Waals surface area contributed by atoms with Crippen LogP contribution in [0.3, 0.4) is 0 Å². The molecule has 0 rings (SSSR count). The molecule has 10 heteroatoms. The Kier molecular flexibility index (Phi) is 10.1. The van der Waals surface area contributed by atoms with Crippen molar-refractivity contribution >= 4 is 29.8 Å². The van der Waals surface area contributed by atoms with Gasteiger partial charge in [-0.05, 0) is 48.2 Å². The van der Waals surface area contributed by atoms with E-state index in [1.54, 1.807) is 39.8 Å². The first-order valence-electron chi connectivity index (χ1n) is 8.53. The van der Waals surface area contributed by atoms with E-state index in [2.05, 4.69) is 15.4 Å². The molecule has 2 N–H and O–H groups in total. The summed E-state index contributed by atoms with van der Waals surface area (Å²) >= 11 is 0. The Hall–Kier alpha value is -2.58. The summed E-state index contributed by atoms with van der Waals surface area (Å²) in [5.74, 6) is -2.13. The topological polar surface area (TPSA) is 141 Å². The summed E-state index contributed by atoms with van der Waals surface area (Å²) in [6, 6.07) is -1.96. The smallest absolute Gasteiger partial charge is 0.329 e. The molecule has 0 aliphatic heterocycles. The number of Topliss-reactive ketones (excluding diaryl/α,β-unsaturated/α-hetero) is 1. The molecular weight excluding hydrogens is 354 g/mol. The standard InChI is InChI=1S/C17H29N5O5/c1-11(20-14(24)10-22(5)6)15(25)21-13(8-7-12(23)9-19-18)16(26)27-17(2,3)4/h9,11,13H,7-8,10H2,1-6H3,(H,20,24)(H,21,25)/t11-,13-/m0/s1. The van der Waals surface area contributed by atoms with Gasteiger partial charge in [0, 0.05) is 6.42 Å². The molecule has 0 bridgehead atoms. The predicted octanol–water partition coefficient (Wildman–Crippen LogP) is -0.471. The molecule has 0 radical (unpaired) electrons. The maximum Gasteiger partial charge on any atom is 0.329 e. The van der Waals surface area contributed by atoms with Crippen LogP contribution in [0.15, 0.2) is 0 Å². The second-order valence-corrected chi connectivity index (χ2v) is 7.37. The first-order valence-corrected chi connectivity index (χ1v) is 8.53. The summed E-state index contributed by atoms with van der Waals surface area (Å²) in [5.41, 5.74) is 7.60. The van der Waals surface area contributed by atoms with Crippen LogP contribution in [0.4, 0.5) is 0 Å². The lowest BCUT2D eigenvalue weighted by atomic mass is 10.1. The molecule has 0 fully saturated rings. The number of esters is 1. The Morgan fingerprint density at radius 2 is 1.78 bits per heavy atom. The Bertz CT molecular complexity index is 605. The van der Waals surface area contributed by atoms with Crippen molar-refractivity contribution in [3.63, 3.8) is 0 Å². The lowest BCUT2D eigenvalue weighted by molar-refractivity contribution is -0.159. The number of amides is 2. The van der Waals surface area contributed by atoms with Gasteiger partial charge in [0.25, 0.3) is 0 Å². The summed E-state index contributed by atoms with van der Waals surface area (Å²) < 4.78 is 5.26. The number of hydrogen-bond donors (Lipinski definition) is 2. The van der Waals surface area contributed by atoms with Crippen LogP contribution in [0.1, 0.15) is 40.5 Å². The fourth-order valence-corrected chi connectivity index (χ4v) is 1.97. The average Bonchev–Trinajstić information content (AvgIpc) is 2.48. The van der Waals surface area contributed by atoms with Crippen LogP contribution in [-0.2, 0) is 23.9 Å². The number of ketones is 1. The Labute approximate surface area is 159 Å². The van der Waals surface area contributed by atoms with Crippen molar-refractivity contribution in [3.8, 4) is 0 Å². The summed E-state index contributed by atoms with van der Waals surface area (Å²) in [6.07, 6.45) is 0.553. The summed E-state index contributed by atoms with van der Waals surface area (Å²) in [4.78, 5) is 52.2. The van der Waals surface area contributed by atoms with Gasteiger partial charge in [0.05, 0.1) is 6.54 Å². The zero-order valence-corrected chi connectivity index (χ0v) is 16.7. The quantitative estimate of drug-likeness (QED) is 0.226. The third kappa shape index (κ3) is 11.6. The van der Waals surface area contributed by atoms with Crippen molar-refractivity contribution in [2.45, 2.75) is 58.2 Å². The van der Waals surface area contributed by atoms with Gasteiger partial charge < -0.3 is 25.8 Å². The fourth-order valence-electron chi connectivity index (χ4n) is 1.97. The number of ether oxygens (including phenoxy) is 1. The van der Waals surface area contributed by atoms with Crippen molar-refractivity contribution in [2.75, 3.05) is 20.6 Å². The normalized spacial score (nSPS) is 13.1. The van der Waals surface area contributed by atoms with E-state index in [0.717, 1.165) is 6.21 Å². The number of carbonyl (C=O) groups is 4. The molecule has 10 nitrogen and oxygen atoms in total. The maximum absolute atomic E-state index is 12.3. The van der Waals surface area contributed by atoms with E-state index in [9.17, 15) is 19.2 Å². The minimum absolute atomic E-state index is 0.0378. The van der Waals surface area contributed by atoms with Crippen molar-refractivity contribution in [2.24, 2.45) is 0 Å². The molecule has 0 saturated heterocycles. The lowest BCUT2D eigenvalue weighted by Crippen LogP contribution is -2.52. The van der Waals surface area contributed by atoms with E-state index in [-0.39, 0.29) is 25.3 Å². The molecule has 0 aromatic carbocycles. The number of likely N-dealkylation sites (N-methyl/N-ethyl adjacent to an activating group) is 1. The molecule has 0 aliphatic rings. The van der Waals surface area contributed by atoms with Crippen LogP contribution in [0.2, 0.25) is 0 Å². The Balaban J connectivity index is 5.01. The molecule has 152 valence electrons. The molecule has 27 heavy (non-hydrogen) atoms. The largest absolute Gasteiger partial charge is 0.458 e. The number of hydrogen-bond acceptors (Lipinski definition) is 6. The Morgan fingerprint density at radius 3 is 2.26 bits per heavy atom. The van der Waals surface area contributed by atoms with Crippen LogP contribution >= 0.6 is 0 Å². The van der Waals surface area contributed by atoms with Gasteiger partial charge in [-0.3, -0.25) is 14.4 Å². The van der Waals surface area contributed by atoms with Gasteiger partial charge >= 0.3 is 12.2 Å². The van der Waals surface area contributed by atoms with Crippen LogP contribution in [0.5, 0.6) is 0 Å². The van der Waals surface area contributed by atoms with E-state index in [1.165, 1.54) is 6.92 Å². The number of carbonyl (C=O) groups excluding carboxylic acids is 4. The van der Waals surface area contributed by atoms with Crippen LogP contribution in [0.25, 0.3) is 5.53 Å². The molecule has 0 aliphatic carbocycles. The third-order valence-electron chi connectivity index (χ3n) is 3.12. The van der Waals surface area contributed by atoms with Gasteiger partial charge in [0.15, 0.2) is 0 Å². The summed E-state index contributed by atoms with van der Waals surface area (Å²) in [5, 5.41) is 5.02. The average molecular weight is 383 g/mol. The molecule has 2 atom stereocenters. The van der Waals surface area contributed by atoms with Crippen molar-refractivity contribution in [1.29, 1.82) is 0 Å². The fraction of sp³-hybridized carbons (Fsp3) is 0.706. The second kappa shape index (κ2) is 11.2. The predicted molar refractivity (Wildman–Crippen MR) is 97.9 cm³/mol. The van der Waals surface area contributed by atoms with Crippen LogP contribution < -0.4 is 10.6 Å². The van der Waals surface area contributed by atoms with Gasteiger partial charge in [-0.2, -0.15) is 4.79 Å². The number of nitrogens with zero attached hydrogens (tertiary/aromatic N) is 3. The highest BCUT2D eigenvalue weighted by atomic mass is 16.6. The lowest BCUT2D eigenvalue weighted by Gasteiger charge is -2.25. The van der Waals surface area contributed by atoms with Gasteiger partial charge in [-0.15, -0.1) is 0 Å². The summed E-state index contributed by atoms with van der Waals surface area (Å²) in [7, 11) is 3.44. The number of nitrogens with one attached hydrogen (secondary N) is 2. The highest BCUT2D eigenvalue weighted by Gasteiger charge is 2.29. The molecule has 0 saturated carbocycles. The maximum atomic E-state index is 12.3. The summed E-state index contributed by atoms with van der Waals surface area (Å²) in [6.45, 7) is 6.63. The van der Waals surface area contributed by atoms with Gasteiger partial charge in [0.2, 0.25) is 17.6 Å². The minimum atomic E-state index is -1.08. The molecule has 0 aromatic rings. The third-order valence-corrected chi connectivity index (χ3v) is 3.12. The minimum Gasteiger partial charge on any atom is -0.458 e. The number of rotatable bonds is 10. The molecular formula is C17H29N5O5. The van der Waals surface area contributed by atoms with Crippen LogP contribution in [-0.4, -0.2) is 77.8 Å². The molecule has 0 spiro atoms. The zero-order valence-electron chi connectivity index (χ0n) is 16.7. The molecule has 0 unspecified atom stereocenters. The van der Waals surface area contributed by atoms with Gasteiger partial charge in [-0.1, -0.05) is 0 Å². The molecule has 0 aromatic heterocycles. The second-order valence-electron chi connectivity index (χ2n) is 7.37. The van der Waals surface area contributed by atoms with E-state index < -0.39 is 35.3 Å². The van der Waals surface area contributed by atoms with Gasteiger partial charge in [0.1, 0.15) is 17.7 Å². The first kappa shape index (κ1) is 24.4. The molecule has 2 amide bonds. The zero-order chi connectivity index (χ0) is 21.2. The van der Waals surface area contributed by atoms with Crippen molar-refractivity contribution in [1.82, 2.24) is 15.5 Å². The van der Waals surface area contributed by atoms with Crippen LogP contribution in [0, 0.1) is 0 Å². The monoisotopic (exact) mass is 383 g/mol. The van der Waals surface area contributed by atoms with E-state index in [4.69, 9.17) is 10.3 Å². The van der Waals surface area contributed by atoms with E-state index >= 15 is 0 Å². The highest BCUT2D eigenvalue weighted by molar-refractivity contribution is 6.25. The first-order chi connectivity index (χ1) is 12.4. The molecule has 0 heterocycles. The van der Waals surface area contributed by atoms with Crippen molar-refractivity contribution < 1.29 is 28.7 Å². The van der Waals surface area contributed by atoms with Gasteiger partial charge in [-0.25, -0.2) is 4.79 Å². The van der Waals surface area contributed by atoms with Crippen molar-refractivity contribution in [3.05, 3.63) is 5.53 Å². The highest BCUT2D eigenvalue weighted by Crippen LogP contribution is 2.11. The van der Waals surface area contributed by atoms with E-state index in [1.807, 2.05) is 0 Å². The SMILES string of the molecule is C[C@H](NC(=O)CN(C)C)C(=O)N[C@@H](CCC(=O)C=[N+]=[N-])C(=O)OC(C)(C)C. The van der Waals surface area contributed by atoms with E-state index in [0.29, 0.717) is 0 Å². The Morgan fingerprint density at radius 1 is 1.19 bits per heavy atom.